The van der Waals surface area contributed by atoms with Crippen molar-refractivity contribution in [3.8, 4) is 5.75 Å². The Kier molecular flexibility index (Phi) is 9.41. The number of benzene rings is 3. The van der Waals surface area contributed by atoms with Crippen molar-refractivity contribution in [2.75, 3.05) is 5.32 Å². The van der Waals surface area contributed by atoms with Crippen LogP contribution in [0.5, 0.6) is 5.75 Å². The molecule has 0 aliphatic carbocycles. The number of urea groups is 1. The van der Waals surface area contributed by atoms with E-state index >= 15 is 0 Å². The minimum Gasteiger partial charge on any atom is -0.489 e. The van der Waals surface area contributed by atoms with E-state index in [4.69, 9.17) is 9.47 Å². The number of ether oxygens (including phenoxy) is 2. The number of hydrogen-bond acceptors (Lipinski definition) is 7. The summed E-state index contributed by atoms with van der Waals surface area (Å²) in [7, 11) is 0. The number of rotatable bonds is 8. The Morgan fingerprint density at radius 3 is 2.38 bits per heavy atom. The number of imide groups is 1. The highest BCUT2D eigenvalue weighted by molar-refractivity contribution is 6.07. The molecule has 244 valence electrons. The average Bonchev–Trinajstić information content (AvgIpc) is 3.36. The van der Waals surface area contributed by atoms with Crippen molar-refractivity contribution in [2.45, 2.75) is 71.4 Å². The highest BCUT2D eigenvalue weighted by atomic mass is 16.6. The maximum atomic E-state index is 13.1. The Bertz CT molecular complexity index is 1730. The van der Waals surface area contributed by atoms with Crippen LogP contribution in [-0.2, 0) is 34.0 Å². The van der Waals surface area contributed by atoms with Crippen LogP contribution in [0.1, 0.15) is 73.1 Å². The maximum Gasteiger partial charge on any atom is 0.434 e. The second kappa shape index (κ2) is 13.5. The van der Waals surface area contributed by atoms with Crippen LogP contribution >= 0.6 is 0 Å². The van der Waals surface area contributed by atoms with Gasteiger partial charge in [-0.1, -0.05) is 36.4 Å². The number of amides is 6. The minimum atomic E-state index is -1.10. The first-order chi connectivity index (χ1) is 22.3. The molecule has 12 heteroatoms. The Hall–Kier alpha value is -5.52. The number of carbonyl (C=O) groups excluding carboxylic acids is 5. The van der Waals surface area contributed by atoms with E-state index in [0.29, 0.717) is 23.6 Å². The van der Waals surface area contributed by atoms with Crippen LogP contribution in [0.25, 0.3) is 0 Å². The Balaban J connectivity index is 1.07. The van der Waals surface area contributed by atoms with Gasteiger partial charge in [-0.3, -0.25) is 19.7 Å². The number of fused-ring (bicyclic) bond motifs is 1. The zero-order valence-electron chi connectivity index (χ0n) is 26.7. The topological polar surface area (TPSA) is 156 Å². The lowest BCUT2D eigenvalue weighted by atomic mass is 9.89. The number of aliphatic imine (C=N–C) groups is 1. The second-order valence-electron chi connectivity index (χ2n) is 12.6. The summed E-state index contributed by atoms with van der Waals surface area (Å²) in [6.07, 6.45) is 1.25. The molecule has 12 nitrogen and oxygen atoms in total. The van der Waals surface area contributed by atoms with Gasteiger partial charge in [0.05, 0.1) is 0 Å². The van der Waals surface area contributed by atoms with Gasteiger partial charge in [-0.15, -0.1) is 0 Å². The first-order valence-electron chi connectivity index (χ1n) is 15.2. The molecule has 0 saturated carbocycles. The first kappa shape index (κ1) is 32.9. The molecule has 1 atom stereocenters. The average molecular weight is 640 g/mol. The van der Waals surface area contributed by atoms with E-state index in [2.05, 4.69) is 20.9 Å². The Morgan fingerprint density at radius 1 is 1.00 bits per heavy atom. The van der Waals surface area contributed by atoms with Gasteiger partial charge in [-0.2, -0.15) is 4.99 Å². The van der Waals surface area contributed by atoms with Crippen LogP contribution in [-0.4, -0.2) is 52.1 Å². The van der Waals surface area contributed by atoms with Gasteiger partial charge in [-0.25, -0.2) is 9.59 Å². The molecular formula is C35H37N5O7. The molecule has 0 radical (unpaired) electrons. The number of nitrogens with zero attached hydrogens (tertiary/aromatic N) is 2. The van der Waals surface area contributed by atoms with Crippen molar-refractivity contribution in [1.29, 1.82) is 0 Å². The Labute approximate surface area is 272 Å². The summed E-state index contributed by atoms with van der Waals surface area (Å²) < 4.78 is 11.0. The van der Waals surface area contributed by atoms with Crippen LogP contribution in [0.15, 0.2) is 71.7 Å². The van der Waals surface area contributed by atoms with Gasteiger partial charge in [0.15, 0.2) is 0 Å². The molecule has 6 amide bonds. The molecule has 1 saturated heterocycles. The van der Waals surface area contributed by atoms with Crippen molar-refractivity contribution in [3.05, 3.63) is 94.5 Å². The number of carbonyl (C=O) groups is 5. The van der Waals surface area contributed by atoms with E-state index in [1.807, 2.05) is 30.3 Å². The number of anilines is 1. The smallest absolute Gasteiger partial charge is 0.434 e. The number of piperidine rings is 1. The third kappa shape index (κ3) is 8.20. The highest BCUT2D eigenvalue weighted by Crippen LogP contribution is 2.34. The van der Waals surface area contributed by atoms with Crippen LogP contribution in [0.3, 0.4) is 0 Å². The normalized spacial score (nSPS) is 17.7. The van der Waals surface area contributed by atoms with Crippen molar-refractivity contribution in [1.82, 2.24) is 15.5 Å². The second-order valence-corrected chi connectivity index (χ2v) is 12.6. The lowest BCUT2D eigenvalue weighted by Gasteiger charge is -2.39. The van der Waals surface area contributed by atoms with Gasteiger partial charge in [0, 0.05) is 37.0 Å². The quantitative estimate of drug-likeness (QED) is 0.229. The van der Waals surface area contributed by atoms with Gasteiger partial charge in [0.25, 0.3) is 11.8 Å². The van der Waals surface area contributed by atoms with E-state index in [9.17, 15) is 24.0 Å². The van der Waals surface area contributed by atoms with Crippen molar-refractivity contribution in [2.24, 2.45) is 4.99 Å². The fraction of sp³-hybridized carbons (Fsp3) is 0.314. The van der Waals surface area contributed by atoms with Crippen molar-refractivity contribution in [3.63, 3.8) is 0 Å². The lowest BCUT2D eigenvalue weighted by molar-refractivity contribution is -0.142. The van der Waals surface area contributed by atoms with E-state index in [1.165, 1.54) is 11.1 Å². The largest absolute Gasteiger partial charge is 0.489 e. The fourth-order valence-electron chi connectivity index (χ4n) is 5.21. The number of hydrogen-bond donors (Lipinski definition) is 3. The van der Waals surface area contributed by atoms with Crippen molar-refractivity contribution < 1.29 is 33.4 Å². The van der Waals surface area contributed by atoms with Gasteiger partial charge in [-0.05, 0) is 86.7 Å². The molecule has 3 N–H and O–H groups in total. The van der Waals surface area contributed by atoms with Gasteiger partial charge in [0.1, 0.15) is 23.5 Å². The molecule has 2 aliphatic heterocycles. The third-order valence-corrected chi connectivity index (χ3v) is 7.81. The van der Waals surface area contributed by atoms with E-state index < -0.39 is 29.2 Å². The maximum absolute atomic E-state index is 13.1. The molecule has 2 heterocycles. The molecule has 0 spiro atoms. The third-order valence-electron chi connectivity index (χ3n) is 7.81. The molecular weight excluding hydrogens is 602 g/mol. The van der Waals surface area contributed by atoms with E-state index in [0.717, 1.165) is 22.3 Å². The standard InChI is InChI=1S/C35H37N5O7/c1-34(2,3)47-33(45)37-18-22-5-7-23(8-6-22)21-46-27-12-10-26(11-13-27)38-32(44)36-19-24-9-14-28-25(17-24)20-40(30(28)42)35(4)16-15-29(41)39-31(35)43/h5-14,17-18H,15-16,19-21H2,1-4H3,(H2,36,38,44)(H,39,41,43)/b37-18+/t35-/m0/s1. The summed E-state index contributed by atoms with van der Waals surface area (Å²) in [5, 5.41) is 7.95. The molecule has 3 aromatic carbocycles. The molecule has 3 aromatic rings. The van der Waals surface area contributed by atoms with E-state index in [1.54, 1.807) is 64.1 Å². The van der Waals surface area contributed by atoms with Crippen LogP contribution in [0.2, 0.25) is 0 Å². The molecule has 0 bridgehead atoms. The molecule has 1 fully saturated rings. The molecule has 5 rings (SSSR count). The summed E-state index contributed by atoms with van der Waals surface area (Å²) in [5.41, 5.74) is 2.63. The van der Waals surface area contributed by atoms with Crippen molar-refractivity contribution >= 4 is 41.7 Å². The number of nitrogens with one attached hydrogen (secondary N) is 3. The summed E-state index contributed by atoms with van der Waals surface area (Å²) in [5.74, 6) is -0.434. The molecule has 47 heavy (non-hydrogen) atoms. The summed E-state index contributed by atoms with van der Waals surface area (Å²) >= 11 is 0. The summed E-state index contributed by atoms with van der Waals surface area (Å²) in [6, 6.07) is 19.3. The fourth-order valence-corrected chi connectivity index (χ4v) is 5.21. The summed E-state index contributed by atoms with van der Waals surface area (Å²) in [6.45, 7) is 7.82. The van der Waals surface area contributed by atoms with Crippen LogP contribution < -0.4 is 20.7 Å². The molecule has 2 aliphatic rings. The Morgan fingerprint density at radius 2 is 1.70 bits per heavy atom. The van der Waals surface area contributed by atoms with Gasteiger partial charge in [0.2, 0.25) is 5.91 Å². The first-order valence-corrected chi connectivity index (χ1v) is 15.2. The predicted molar refractivity (Wildman–Crippen MR) is 174 cm³/mol. The highest BCUT2D eigenvalue weighted by Gasteiger charge is 2.48. The lowest BCUT2D eigenvalue weighted by Crippen LogP contribution is -2.61. The minimum absolute atomic E-state index is 0.175. The van der Waals surface area contributed by atoms with Gasteiger partial charge >= 0.3 is 12.1 Å². The zero-order valence-corrected chi connectivity index (χ0v) is 26.7. The van der Waals surface area contributed by atoms with Crippen LogP contribution in [0.4, 0.5) is 15.3 Å². The molecule has 0 unspecified atom stereocenters. The molecule has 0 aromatic heterocycles. The van der Waals surface area contributed by atoms with Crippen LogP contribution in [0, 0.1) is 0 Å². The SMILES string of the molecule is CC(C)(C)OC(=O)/N=C/c1ccc(COc2ccc(NC(=O)NCc3ccc4c(c3)CN([C@@]3(C)CCC(=O)NC3=O)C4=O)cc2)cc1. The zero-order chi connectivity index (χ0) is 33.8. The summed E-state index contributed by atoms with van der Waals surface area (Å²) in [4.78, 5) is 67.0. The monoisotopic (exact) mass is 639 g/mol. The predicted octanol–water partition coefficient (Wildman–Crippen LogP) is 5.09. The van der Waals surface area contributed by atoms with Gasteiger partial charge < -0.3 is 25.0 Å². The van der Waals surface area contributed by atoms with E-state index in [-0.39, 0.29) is 37.7 Å².